The molecule has 2 aliphatic rings. The highest BCUT2D eigenvalue weighted by Gasteiger charge is 2.23. The molecule has 1 saturated heterocycles. The average Bonchev–Trinajstić information content (AvgIpc) is 2.81. The summed E-state index contributed by atoms with van der Waals surface area (Å²) in [5.41, 5.74) is 3.10. The monoisotopic (exact) mass is 406 g/mol. The number of allylic oxidation sites excluding steroid dienone is 4. The standard InChI is InChI=1S/C20H27ClN4O3/c1-14(2)28-19-9-8-18(10-15(19)3)23-20-24(12-26-27-13-25(20)22)11-16-4-6-17(21)7-5-16/h4-7,10,14H,8-9,11-13,22H2,1-3H3. The first-order chi connectivity index (χ1) is 13.4. The minimum Gasteiger partial charge on any atom is -0.495 e. The number of rotatable bonds is 5. The normalized spacial score (nSPS) is 19.9. The molecule has 0 atom stereocenters. The van der Waals surface area contributed by atoms with Crippen molar-refractivity contribution in [2.45, 2.75) is 46.3 Å². The molecule has 1 fully saturated rings. The van der Waals surface area contributed by atoms with Crippen LogP contribution in [-0.2, 0) is 21.1 Å². The molecule has 0 aromatic heterocycles. The number of nitrogens with two attached hydrogens (primary N) is 1. The zero-order valence-corrected chi connectivity index (χ0v) is 17.3. The van der Waals surface area contributed by atoms with Crippen LogP contribution in [0.4, 0.5) is 0 Å². The lowest BCUT2D eigenvalue weighted by atomic mass is 10.0. The number of halogens is 1. The summed E-state index contributed by atoms with van der Waals surface area (Å²) in [7, 11) is 0. The second-order valence-electron chi connectivity index (χ2n) is 7.11. The summed E-state index contributed by atoms with van der Waals surface area (Å²) in [6.07, 6.45) is 3.82. The number of nitrogens with zero attached hydrogens (tertiary/aromatic N) is 3. The molecular weight excluding hydrogens is 380 g/mol. The van der Waals surface area contributed by atoms with Gasteiger partial charge < -0.3 is 9.64 Å². The van der Waals surface area contributed by atoms with Crippen molar-refractivity contribution in [3.8, 4) is 0 Å². The van der Waals surface area contributed by atoms with Crippen LogP contribution in [0.15, 0.2) is 52.4 Å². The van der Waals surface area contributed by atoms with Gasteiger partial charge in [-0.25, -0.2) is 20.6 Å². The van der Waals surface area contributed by atoms with Gasteiger partial charge in [0.2, 0.25) is 5.96 Å². The van der Waals surface area contributed by atoms with Crippen molar-refractivity contribution >= 4 is 17.6 Å². The minimum absolute atomic E-state index is 0.0970. The SMILES string of the molecule is CC1=C(OC(C)C)CCC(N=C2N(N)COOCN2Cc2ccc(Cl)cc2)=C1. The van der Waals surface area contributed by atoms with Crippen LogP contribution in [0.2, 0.25) is 5.02 Å². The lowest BCUT2D eigenvalue weighted by Crippen LogP contribution is -2.46. The molecule has 0 unspecified atom stereocenters. The zero-order chi connectivity index (χ0) is 20.1. The summed E-state index contributed by atoms with van der Waals surface area (Å²) in [4.78, 5) is 17.1. The summed E-state index contributed by atoms with van der Waals surface area (Å²) >= 11 is 5.99. The topological polar surface area (TPSA) is 72.5 Å². The maximum absolute atomic E-state index is 6.16. The molecule has 1 heterocycles. The van der Waals surface area contributed by atoms with Gasteiger partial charge in [-0.3, -0.25) is 5.01 Å². The van der Waals surface area contributed by atoms with Crippen molar-refractivity contribution in [1.82, 2.24) is 9.91 Å². The Morgan fingerprint density at radius 2 is 1.89 bits per heavy atom. The number of hydrogen-bond donors (Lipinski definition) is 1. The van der Waals surface area contributed by atoms with E-state index in [1.54, 1.807) is 0 Å². The number of ether oxygens (including phenoxy) is 1. The predicted octanol–water partition coefficient (Wildman–Crippen LogP) is 3.93. The highest BCUT2D eigenvalue weighted by atomic mass is 35.5. The number of guanidine groups is 1. The van der Waals surface area contributed by atoms with Gasteiger partial charge in [-0.2, -0.15) is 0 Å². The molecule has 0 spiro atoms. The van der Waals surface area contributed by atoms with Gasteiger partial charge in [0.05, 0.1) is 11.9 Å². The molecule has 7 nitrogen and oxygen atoms in total. The predicted molar refractivity (Wildman–Crippen MR) is 109 cm³/mol. The second-order valence-corrected chi connectivity index (χ2v) is 7.54. The molecule has 28 heavy (non-hydrogen) atoms. The van der Waals surface area contributed by atoms with Crippen molar-refractivity contribution in [2.75, 3.05) is 13.5 Å². The first kappa shape index (κ1) is 20.7. The molecule has 0 bridgehead atoms. The van der Waals surface area contributed by atoms with E-state index in [9.17, 15) is 0 Å². The van der Waals surface area contributed by atoms with E-state index in [1.165, 1.54) is 5.01 Å². The van der Waals surface area contributed by atoms with E-state index < -0.39 is 0 Å². The van der Waals surface area contributed by atoms with Crippen LogP contribution in [0.5, 0.6) is 0 Å². The van der Waals surface area contributed by atoms with Crippen LogP contribution in [0.1, 0.15) is 39.2 Å². The van der Waals surface area contributed by atoms with Crippen LogP contribution in [-0.4, -0.2) is 35.4 Å². The molecule has 1 aliphatic heterocycles. The van der Waals surface area contributed by atoms with Gasteiger partial charge in [0.25, 0.3) is 0 Å². The third-order valence-corrected chi connectivity index (χ3v) is 4.61. The molecule has 0 saturated carbocycles. The quantitative estimate of drug-likeness (QED) is 0.590. The largest absolute Gasteiger partial charge is 0.495 e. The lowest BCUT2D eigenvalue weighted by Gasteiger charge is -2.27. The van der Waals surface area contributed by atoms with Crippen LogP contribution < -0.4 is 5.84 Å². The van der Waals surface area contributed by atoms with Gasteiger partial charge in [-0.15, -0.1) is 0 Å². The molecule has 1 aliphatic carbocycles. The van der Waals surface area contributed by atoms with Crippen molar-refractivity contribution in [2.24, 2.45) is 10.8 Å². The Kier molecular flexibility index (Phi) is 6.96. The maximum Gasteiger partial charge on any atom is 0.220 e. The van der Waals surface area contributed by atoms with Crippen LogP contribution >= 0.6 is 11.6 Å². The van der Waals surface area contributed by atoms with E-state index >= 15 is 0 Å². The van der Waals surface area contributed by atoms with Crippen LogP contribution in [0.3, 0.4) is 0 Å². The molecule has 1 aromatic carbocycles. The summed E-state index contributed by atoms with van der Waals surface area (Å²) in [5, 5.41) is 2.14. The molecule has 1 aromatic rings. The number of hydrogen-bond acceptors (Lipinski definition) is 5. The van der Waals surface area contributed by atoms with E-state index in [0.717, 1.165) is 35.4 Å². The Hall–Kier alpha value is -2.06. The van der Waals surface area contributed by atoms with E-state index in [4.69, 9.17) is 36.9 Å². The van der Waals surface area contributed by atoms with Gasteiger partial charge >= 0.3 is 0 Å². The van der Waals surface area contributed by atoms with E-state index in [1.807, 2.05) is 49.9 Å². The van der Waals surface area contributed by atoms with Crippen molar-refractivity contribution in [1.29, 1.82) is 0 Å². The Labute approximate surface area is 170 Å². The number of hydrazine groups is 1. The first-order valence-corrected chi connectivity index (χ1v) is 9.72. The molecule has 0 radical (unpaired) electrons. The lowest BCUT2D eigenvalue weighted by molar-refractivity contribution is -0.314. The Morgan fingerprint density at radius 1 is 1.18 bits per heavy atom. The molecule has 3 rings (SSSR count). The van der Waals surface area contributed by atoms with Gasteiger partial charge in [0.1, 0.15) is 0 Å². The van der Waals surface area contributed by atoms with Crippen molar-refractivity contribution in [3.63, 3.8) is 0 Å². The third-order valence-electron chi connectivity index (χ3n) is 4.36. The van der Waals surface area contributed by atoms with Crippen molar-refractivity contribution < 1.29 is 14.5 Å². The van der Waals surface area contributed by atoms with Gasteiger partial charge in [0, 0.05) is 23.7 Å². The van der Waals surface area contributed by atoms with Gasteiger partial charge in [-0.1, -0.05) is 23.7 Å². The fourth-order valence-corrected chi connectivity index (χ4v) is 3.17. The van der Waals surface area contributed by atoms with E-state index in [2.05, 4.69) is 6.08 Å². The van der Waals surface area contributed by atoms with Gasteiger partial charge in [0.15, 0.2) is 13.5 Å². The molecule has 0 amide bonds. The van der Waals surface area contributed by atoms with Crippen molar-refractivity contribution in [3.05, 3.63) is 58.0 Å². The van der Waals surface area contributed by atoms with E-state index in [0.29, 0.717) is 17.5 Å². The highest BCUT2D eigenvalue weighted by Crippen LogP contribution is 2.27. The summed E-state index contributed by atoms with van der Waals surface area (Å²) < 4.78 is 5.88. The van der Waals surface area contributed by atoms with Crippen LogP contribution in [0, 0.1) is 0 Å². The fraction of sp³-hybridized carbons (Fsp3) is 0.450. The highest BCUT2D eigenvalue weighted by molar-refractivity contribution is 6.30. The van der Waals surface area contributed by atoms with Gasteiger partial charge in [-0.05, 0) is 56.5 Å². The Bertz CT molecular complexity index is 774. The molecular formula is C20H27ClN4O3. The molecule has 152 valence electrons. The maximum atomic E-state index is 6.16. The molecule has 2 N–H and O–H groups in total. The Balaban J connectivity index is 1.84. The first-order valence-electron chi connectivity index (χ1n) is 9.34. The average molecular weight is 407 g/mol. The summed E-state index contributed by atoms with van der Waals surface area (Å²) in [6, 6.07) is 7.65. The fourth-order valence-electron chi connectivity index (χ4n) is 3.05. The summed E-state index contributed by atoms with van der Waals surface area (Å²) in [5.74, 6) is 7.78. The van der Waals surface area contributed by atoms with E-state index in [-0.39, 0.29) is 19.6 Å². The Morgan fingerprint density at radius 3 is 2.57 bits per heavy atom. The summed E-state index contributed by atoms with van der Waals surface area (Å²) in [6.45, 7) is 7.00. The minimum atomic E-state index is 0.0970. The number of aliphatic imine (C=N–C) groups is 1. The van der Waals surface area contributed by atoms with Crippen LogP contribution in [0.25, 0.3) is 0 Å². The molecule has 8 heteroatoms. The second kappa shape index (κ2) is 9.43. The zero-order valence-electron chi connectivity index (χ0n) is 16.5. The smallest absolute Gasteiger partial charge is 0.220 e. The third kappa shape index (κ3) is 5.48. The number of benzene rings is 1.